The summed E-state index contributed by atoms with van der Waals surface area (Å²) < 4.78 is 13.4. The molecule has 0 spiro atoms. The predicted octanol–water partition coefficient (Wildman–Crippen LogP) is 2.96. The molecule has 1 aromatic heterocycles. The minimum atomic E-state index is 0. The molecule has 0 amide bonds. The van der Waals surface area contributed by atoms with Crippen LogP contribution in [0.2, 0.25) is 0 Å². The van der Waals surface area contributed by atoms with Crippen LogP contribution in [0.4, 0.5) is 0 Å². The number of para-hydroxylation sites is 2. The van der Waals surface area contributed by atoms with Gasteiger partial charge in [0.2, 0.25) is 0 Å². The van der Waals surface area contributed by atoms with Gasteiger partial charge in [-0.3, -0.25) is 4.99 Å². The number of aliphatic imine (C=N–C) groups is 1. The fourth-order valence-corrected chi connectivity index (χ4v) is 3.49. The molecule has 1 unspecified atom stereocenters. The molecule has 1 fully saturated rings. The molecule has 3 rings (SSSR count). The van der Waals surface area contributed by atoms with Gasteiger partial charge in [-0.05, 0) is 38.3 Å². The Balaban J connectivity index is 0.00000300. The smallest absolute Gasteiger partial charge is 0.190 e. The van der Waals surface area contributed by atoms with Gasteiger partial charge in [0.15, 0.2) is 5.96 Å². The quantitative estimate of drug-likeness (QED) is 0.220. The Morgan fingerprint density at radius 2 is 2.07 bits per heavy atom. The molecule has 1 aliphatic heterocycles. The third kappa shape index (κ3) is 7.42. The van der Waals surface area contributed by atoms with Gasteiger partial charge in [0.25, 0.3) is 0 Å². The molecule has 0 radical (unpaired) electrons. The number of nitrogens with zero attached hydrogens (tertiary/aromatic N) is 3. The van der Waals surface area contributed by atoms with Crippen molar-refractivity contribution in [2.24, 2.45) is 10.9 Å². The summed E-state index contributed by atoms with van der Waals surface area (Å²) in [6.07, 6.45) is 3.10. The average molecular weight is 515 g/mol. The van der Waals surface area contributed by atoms with E-state index in [0.29, 0.717) is 5.92 Å². The van der Waals surface area contributed by atoms with E-state index in [4.69, 9.17) is 9.47 Å². The topological polar surface area (TPSA) is 72.7 Å². The van der Waals surface area contributed by atoms with Gasteiger partial charge < -0.3 is 24.7 Å². The number of aryl methyl sites for hydroxylation is 2. The van der Waals surface area contributed by atoms with Crippen molar-refractivity contribution in [1.82, 2.24) is 20.2 Å². The number of ether oxygens (including phenoxy) is 2. The van der Waals surface area contributed by atoms with Gasteiger partial charge in [-0.1, -0.05) is 12.1 Å². The summed E-state index contributed by atoms with van der Waals surface area (Å²) in [4.78, 5) is 8.91. The van der Waals surface area contributed by atoms with Crippen molar-refractivity contribution < 1.29 is 9.47 Å². The van der Waals surface area contributed by atoms with Crippen molar-refractivity contribution in [1.29, 1.82) is 0 Å². The highest BCUT2D eigenvalue weighted by atomic mass is 127. The van der Waals surface area contributed by atoms with E-state index in [9.17, 15) is 0 Å². The van der Waals surface area contributed by atoms with E-state index < -0.39 is 0 Å². The van der Waals surface area contributed by atoms with Crippen LogP contribution in [0.3, 0.4) is 0 Å². The van der Waals surface area contributed by atoms with E-state index >= 15 is 0 Å². The van der Waals surface area contributed by atoms with Crippen LogP contribution in [-0.2, 0) is 16.0 Å². The molecule has 2 aromatic rings. The van der Waals surface area contributed by atoms with Crippen molar-refractivity contribution in [2.75, 3.05) is 46.6 Å². The monoisotopic (exact) mass is 515 g/mol. The van der Waals surface area contributed by atoms with Crippen LogP contribution in [0.15, 0.2) is 29.3 Å². The molecule has 1 aliphatic rings. The molecule has 1 atom stereocenters. The van der Waals surface area contributed by atoms with Crippen LogP contribution in [-0.4, -0.2) is 62.1 Å². The normalized spacial score (nSPS) is 16.8. The molecule has 1 aromatic carbocycles. The van der Waals surface area contributed by atoms with Crippen LogP contribution in [0.25, 0.3) is 11.0 Å². The van der Waals surface area contributed by atoms with Crippen molar-refractivity contribution in [3.8, 4) is 0 Å². The van der Waals surface area contributed by atoms with E-state index in [1.807, 2.05) is 6.07 Å². The first-order chi connectivity index (χ1) is 13.8. The molecule has 29 heavy (non-hydrogen) atoms. The van der Waals surface area contributed by atoms with E-state index in [2.05, 4.69) is 50.3 Å². The predicted molar refractivity (Wildman–Crippen MR) is 128 cm³/mol. The molecule has 0 saturated carbocycles. The van der Waals surface area contributed by atoms with Gasteiger partial charge >= 0.3 is 0 Å². The summed E-state index contributed by atoms with van der Waals surface area (Å²) >= 11 is 0. The highest BCUT2D eigenvalue weighted by Crippen LogP contribution is 2.15. The van der Waals surface area contributed by atoms with Crippen LogP contribution < -0.4 is 10.6 Å². The Labute approximate surface area is 190 Å². The zero-order valence-corrected chi connectivity index (χ0v) is 19.9. The Bertz CT molecular complexity index is 759. The van der Waals surface area contributed by atoms with Crippen LogP contribution in [0.5, 0.6) is 0 Å². The van der Waals surface area contributed by atoms with Crippen molar-refractivity contribution in [2.45, 2.75) is 32.7 Å². The Kier molecular flexibility index (Phi) is 10.7. The van der Waals surface area contributed by atoms with E-state index in [1.165, 1.54) is 5.52 Å². The Hall–Kier alpha value is -1.39. The second-order valence-electron chi connectivity index (χ2n) is 7.24. The molecule has 8 heteroatoms. The lowest BCUT2D eigenvalue weighted by Gasteiger charge is -2.13. The SMILES string of the molecule is CN=C(NCCCOCC1CCOC1)NCCCn1c(C)nc2ccccc21.I. The number of hydrogen-bond donors (Lipinski definition) is 2. The van der Waals surface area contributed by atoms with Crippen molar-refractivity contribution in [3.05, 3.63) is 30.1 Å². The van der Waals surface area contributed by atoms with Gasteiger partial charge in [0, 0.05) is 45.8 Å². The number of rotatable bonds is 10. The lowest BCUT2D eigenvalue weighted by atomic mass is 10.1. The van der Waals surface area contributed by atoms with Crippen LogP contribution in [0.1, 0.15) is 25.1 Å². The second-order valence-corrected chi connectivity index (χ2v) is 7.24. The van der Waals surface area contributed by atoms with E-state index in [1.54, 1.807) is 7.05 Å². The maximum absolute atomic E-state index is 5.73. The van der Waals surface area contributed by atoms with Gasteiger partial charge in [-0.2, -0.15) is 0 Å². The number of guanidine groups is 1. The summed E-state index contributed by atoms with van der Waals surface area (Å²) in [5.41, 5.74) is 2.26. The van der Waals surface area contributed by atoms with Crippen LogP contribution >= 0.6 is 24.0 Å². The number of halogens is 1. The lowest BCUT2D eigenvalue weighted by Crippen LogP contribution is -2.38. The van der Waals surface area contributed by atoms with Crippen molar-refractivity contribution in [3.63, 3.8) is 0 Å². The molecule has 0 bridgehead atoms. The summed E-state index contributed by atoms with van der Waals surface area (Å²) in [6.45, 7) is 8.04. The van der Waals surface area contributed by atoms with Gasteiger partial charge in [0.05, 0.1) is 24.2 Å². The summed E-state index contributed by atoms with van der Waals surface area (Å²) in [6, 6.07) is 8.29. The second kappa shape index (κ2) is 13.0. The Morgan fingerprint density at radius 1 is 1.28 bits per heavy atom. The number of imidazole rings is 1. The minimum absolute atomic E-state index is 0. The molecular weight excluding hydrogens is 481 g/mol. The first kappa shape index (κ1) is 23.9. The first-order valence-corrected chi connectivity index (χ1v) is 10.3. The number of hydrogen-bond acceptors (Lipinski definition) is 4. The fraction of sp³-hybridized carbons (Fsp3) is 0.619. The minimum Gasteiger partial charge on any atom is -0.381 e. The van der Waals surface area contributed by atoms with E-state index in [-0.39, 0.29) is 24.0 Å². The van der Waals surface area contributed by atoms with Crippen LogP contribution in [0, 0.1) is 12.8 Å². The number of fused-ring (bicyclic) bond motifs is 1. The summed E-state index contributed by atoms with van der Waals surface area (Å²) in [5.74, 6) is 2.49. The molecule has 162 valence electrons. The van der Waals surface area contributed by atoms with Crippen molar-refractivity contribution >= 4 is 41.0 Å². The standard InChI is InChI=1S/C21H33N5O2.HI/c1-17-25-19-7-3-4-8-20(19)26(17)12-5-10-23-21(22-2)24-11-6-13-27-15-18-9-14-28-16-18;/h3-4,7-8,18H,5-6,9-16H2,1-2H3,(H2,22,23,24);1H. The van der Waals surface area contributed by atoms with Gasteiger partial charge in [-0.15, -0.1) is 24.0 Å². The zero-order chi connectivity index (χ0) is 19.6. The molecule has 7 nitrogen and oxygen atoms in total. The first-order valence-electron chi connectivity index (χ1n) is 10.3. The maximum atomic E-state index is 5.73. The fourth-order valence-electron chi connectivity index (χ4n) is 3.49. The third-order valence-corrected chi connectivity index (χ3v) is 5.06. The number of nitrogens with one attached hydrogen (secondary N) is 2. The lowest BCUT2D eigenvalue weighted by molar-refractivity contribution is 0.0888. The van der Waals surface area contributed by atoms with E-state index in [0.717, 1.165) is 82.6 Å². The molecular formula is C21H34IN5O2. The molecule has 2 N–H and O–H groups in total. The van der Waals surface area contributed by atoms with Gasteiger partial charge in [-0.25, -0.2) is 4.98 Å². The zero-order valence-electron chi connectivity index (χ0n) is 17.5. The largest absolute Gasteiger partial charge is 0.381 e. The molecule has 0 aliphatic carbocycles. The highest BCUT2D eigenvalue weighted by molar-refractivity contribution is 14.0. The number of aromatic nitrogens is 2. The van der Waals surface area contributed by atoms with Gasteiger partial charge in [0.1, 0.15) is 5.82 Å². The molecule has 1 saturated heterocycles. The summed E-state index contributed by atoms with van der Waals surface area (Å²) in [7, 11) is 1.81. The Morgan fingerprint density at radius 3 is 2.83 bits per heavy atom. The number of benzene rings is 1. The molecule has 2 heterocycles. The maximum Gasteiger partial charge on any atom is 0.190 e. The highest BCUT2D eigenvalue weighted by Gasteiger charge is 2.15. The third-order valence-electron chi connectivity index (χ3n) is 5.06. The average Bonchev–Trinajstić information content (AvgIpc) is 3.33. The summed E-state index contributed by atoms with van der Waals surface area (Å²) in [5, 5.41) is 6.73.